The number of amides is 1. The molecule has 6 heterocycles. The number of anilines is 2. The minimum atomic E-state index is -0.145. The maximum absolute atomic E-state index is 13.5. The number of ether oxygens (including phenoxy) is 1. The van der Waals surface area contributed by atoms with Gasteiger partial charge in [-0.25, -0.2) is 9.67 Å². The van der Waals surface area contributed by atoms with E-state index in [1.165, 1.54) is 17.7 Å². The van der Waals surface area contributed by atoms with Crippen LogP contribution in [0.4, 0.5) is 11.6 Å². The molecule has 4 aromatic heterocycles. The second-order valence-electron chi connectivity index (χ2n) is 11.9. The summed E-state index contributed by atoms with van der Waals surface area (Å²) in [5.41, 5.74) is 9.15. The highest BCUT2D eigenvalue weighted by molar-refractivity contribution is 5.94. The smallest absolute Gasteiger partial charge is 0.270 e. The van der Waals surface area contributed by atoms with Gasteiger partial charge in [0.05, 0.1) is 29.2 Å². The third kappa shape index (κ3) is 4.58. The van der Waals surface area contributed by atoms with Crippen LogP contribution in [-0.2, 0) is 37.7 Å². The lowest BCUT2D eigenvalue weighted by Gasteiger charge is -2.30. The van der Waals surface area contributed by atoms with Crippen molar-refractivity contribution in [3.63, 3.8) is 0 Å². The molecule has 220 valence electrons. The molecule has 1 aliphatic carbocycles. The Morgan fingerprint density at radius 3 is 2.79 bits per heavy atom. The van der Waals surface area contributed by atoms with E-state index in [-0.39, 0.29) is 12.1 Å². The summed E-state index contributed by atoms with van der Waals surface area (Å²) in [5.74, 6) is 0.605. The summed E-state index contributed by atoms with van der Waals surface area (Å²) in [6.07, 6.45) is 11.8. The lowest BCUT2D eigenvalue weighted by molar-refractivity contribution is -0.0370. The molecule has 1 aromatic carbocycles. The molecule has 43 heavy (non-hydrogen) atoms. The first-order valence-corrected chi connectivity index (χ1v) is 15.2. The van der Waals surface area contributed by atoms with Crippen molar-refractivity contribution in [3.8, 4) is 11.3 Å². The largest absolute Gasteiger partial charge is 0.356 e. The number of nitrogens with zero attached hydrogens (tertiary/aromatic N) is 8. The molecule has 1 amide bonds. The molecule has 5 aromatic rings. The molecule has 8 rings (SSSR count). The van der Waals surface area contributed by atoms with Crippen molar-refractivity contribution in [1.82, 2.24) is 39.0 Å². The number of aryl methyl sites for hydroxylation is 3. The second-order valence-corrected chi connectivity index (χ2v) is 11.9. The van der Waals surface area contributed by atoms with Gasteiger partial charge >= 0.3 is 0 Å². The van der Waals surface area contributed by atoms with Crippen LogP contribution in [0, 0.1) is 6.92 Å². The maximum atomic E-state index is 13.5. The van der Waals surface area contributed by atoms with E-state index >= 15 is 0 Å². The number of nitrogens with one attached hydrogen (secondary N) is 1. The van der Waals surface area contributed by atoms with E-state index in [2.05, 4.69) is 46.2 Å². The Labute approximate surface area is 249 Å². The van der Waals surface area contributed by atoms with Crippen LogP contribution in [-0.4, -0.2) is 58.1 Å². The average Bonchev–Trinajstić information content (AvgIpc) is 3.80. The Kier molecular flexibility index (Phi) is 6.28. The average molecular weight is 578 g/mol. The fraction of sp³-hybridized carbons (Fsp3) is 0.406. The minimum absolute atomic E-state index is 0.130. The number of fused-ring (bicyclic) bond motifs is 4. The molecule has 0 radical (unpaired) electrons. The number of hydrogen-bond donors (Lipinski definition) is 1. The molecule has 0 spiro atoms. The van der Waals surface area contributed by atoms with Crippen LogP contribution in [0.1, 0.15) is 64.8 Å². The molecule has 2 aliphatic heterocycles. The van der Waals surface area contributed by atoms with Gasteiger partial charge < -0.3 is 19.5 Å². The number of aromatic nitrogens is 7. The summed E-state index contributed by atoms with van der Waals surface area (Å²) in [5, 5.41) is 13.2. The van der Waals surface area contributed by atoms with Crippen molar-refractivity contribution < 1.29 is 9.53 Å². The van der Waals surface area contributed by atoms with E-state index in [9.17, 15) is 4.79 Å². The molecule has 0 bridgehead atoms. The number of carbonyl (C=O) groups is 1. The lowest BCUT2D eigenvalue weighted by atomic mass is 10.0. The fourth-order valence-corrected chi connectivity index (χ4v) is 6.84. The highest BCUT2D eigenvalue weighted by Gasteiger charge is 2.30. The van der Waals surface area contributed by atoms with Gasteiger partial charge in [0.25, 0.3) is 5.91 Å². The van der Waals surface area contributed by atoms with Crippen LogP contribution >= 0.6 is 0 Å². The number of benzene rings is 1. The van der Waals surface area contributed by atoms with Crippen molar-refractivity contribution in [3.05, 3.63) is 70.9 Å². The van der Waals surface area contributed by atoms with Crippen molar-refractivity contribution in [2.24, 2.45) is 7.05 Å². The predicted molar refractivity (Wildman–Crippen MR) is 162 cm³/mol. The molecule has 1 atom stereocenters. The van der Waals surface area contributed by atoms with E-state index in [1.807, 2.05) is 29.0 Å². The van der Waals surface area contributed by atoms with Crippen molar-refractivity contribution in [2.45, 2.75) is 64.8 Å². The van der Waals surface area contributed by atoms with Gasteiger partial charge in [-0.2, -0.15) is 15.2 Å². The second kappa shape index (κ2) is 10.3. The fourth-order valence-electron chi connectivity index (χ4n) is 6.84. The number of rotatable bonds is 6. The maximum Gasteiger partial charge on any atom is 0.270 e. The van der Waals surface area contributed by atoms with Gasteiger partial charge in [-0.05, 0) is 74.3 Å². The Hall–Kier alpha value is -4.51. The van der Waals surface area contributed by atoms with Crippen LogP contribution in [0.25, 0.3) is 22.3 Å². The third-order valence-electron chi connectivity index (χ3n) is 9.08. The van der Waals surface area contributed by atoms with Crippen LogP contribution in [0.2, 0.25) is 0 Å². The molecule has 1 N–H and O–H groups in total. The molecular formula is C32H35N9O2. The number of hydrogen-bond acceptors (Lipinski definition) is 7. The topological polar surface area (TPSA) is 108 Å². The van der Waals surface area contributed by atoms with Crippen molar-refractivity contribution in [2.75, 3.05) is 18.5 Å². The first-order valence-electron chi connectivity index (χ1n) is 15.2. The highest BCUT2D eigenvalue weighted by Crippen LogP contribution is 2.34. The summed E-state index contributed by atoms with van der Waals surface area (Å²) in [6.45, 7) is 5.02. The summed E-state index contributed by atoms with van der Waals surface area (Å²) < 4.78 is 12.0. The van der Waals surface area contributed by atoms with Gasteiger partial charge in [0.15, 0.2) is 11.9 Å². The Bertz CT molecular complexity index is 1860. The van der Waals surface area contributed by atoms with E-state index in [0.29, 0.717) is 12.5 Å². The molecule has 11 nitrogen and oxygen atoms in total. The minimum Gasteiger partial charge on any atom is -0.356 e. The highest BCUT2D eigenvalue weighted by atomic mass is 16.5. The van der Waals surface area contributed by atoms with E-state index < -0.39 is 0 Å². The van der Waals surface area contributed by atoms with Gasteiger partial charge in [0, 0.05) is 50.7 Å². The Morgan fingerprint density at radius 1 is 1.05 bits per heavy atom. The lowest BCUT2D eigenvalue weighted by Crippen LogP contribution is -2.40. The molecule has 11 heteroatoms. The Morgan fingerprint density at radius 2 is 1.98 bits per heavy atom. The van der Waals surface area contributed by atoms with Crippen LogP contribution < -0.4 is 5.32 Å². The number of carbonyl (C=O) groups excluding carboxylic acids is 1. The Balaban J connectivity index is 1.12. The molecule has 0 saturated carbocycles. The van der Waals surface area contributed by atoms with Gasteiger partial charge in [-0.1, -0.05) is 12.1 Å². The summed E-state index contributed by atoms with van der Waals surface area (Å²) in [6, 6.07) is 8.51. The summed E-state index contributed by atoms with van der Waals surface area (Å²) in [7, 11) is 1.88. The SMILES string of the molecule is Cc1cc(-c2nc(Nc3cnn(C)c3)nc3c2cnn3C2CCCCO2)ccc1CN1CCn2c(cc3c2CCC3)C1=O. The zero-order valence-electron chi connectivity index (χ0n) is 24.6. The quantitative estimate of drug-likeness (QED) is 0.305. The van der Waals surface area contributed by atoms with Gasteiger partial charge in [-0.3, -0.25) is 9.48 Å². The van der Waals surface area contributed by atoms with Crippen molar-refractivity contribution in [1.29, 1.82) is 0 Å². The summed E-state index contributed by atoms with van der Waals surface area (Å²) >= 11 is 0. The molecule has 1 unspecified atom stereocenters. The summed E-state index contributed by atoms with van der Waals surface area (Å²) in [4.78, 5) is 25.3. The van der Waals surface area contributed by atoms with Crippen LogP contribution in [0.15, 0.2) is 42.9 Å². The standard InChI is InChI=1S/C32H35N9O2/c1-20-14-22(9-10-23(20)18-39-11-12-40-26-7-5-6-21(26)15-27(40)31(39)42)29-25-17-34-41(28-8-3-4-13-43-28)30(25)37-32(36-29)35-24-16-33-38(2)19-24/h9-10,14-17,19,28H,3-8,11-13,18H2,1-2H3,(H,35,36,37). The molecule has 1 fully saturated rings. The zero-order valence-corrected chi connectivity index (χ0v) is 24.6. The van der Waals surface area contributed by atoms with E-state index in [1.54, 1.807) is 10.9 Å². The normalized spacial score (nSPS) is 18.3. The molecular weight excluding hydrogens is 542 g/mol. The first kappa shape index (κ1) is 26.1. The van der Waals surface area contributed by atoms with Crippen molar-refractivity contribution >= 4 is 28.6 Å². The third-order valence-corrected chi connectivity index (χ3v) is 9.08. The monoisotopic (exact) mass is 577 g/mol. The van der Waals surface area contributed by atoms with E-state index in [4.69, 9.17) is 19.8 Å². The first-order chi connectivity index (χ1) is 21.0. The predicted octanol–water partition coefficient (Wildman–Crippen LogP) is 4.92. The molecule has 1 saturated heterocycles. The van der Waals surface area contributed by atoms with Crippen LogP contribution in [0.3, 0.4) is 0 Å². The van der Waals surface area contributed by atoms with Gasteiger partial charge in [0.1, 0.15) is 5.69 Å². The zero-order chi connectivity index (χ0) is 29.1. The molecule has 3 aliphatic rings. The van der Waals surface area contributed by atoms with Gasteiger partial charge in [0.2, 0.25) is 5.95 Å². The van der Waals surface area contributed by atoms with E-state index in [0.717, 1.165) is 96.6 Å². The van der Waals surface area contributed by atoms with Crippen LogP contribution in [0.5, 0.6) is 0 Å². The van der Waals surface area contributed by atoms with Gasteiger partial charge in [-0.15, -0.1) is 0 Å².